The van der Waals surface area contributed by atoms with Crippen molar-refractivity contribution in [2.45, 2.75) is 18.9 Å². The Labute approximate surface area is 146 Å². The summed E-state index contributed by atoms with van der Waals surface area (Å²) in [7, 11) is 0. The Morgan fingerprint density at radius 3 is 3.00 bits per heavy atom. The SMILES string of the molecule is O=C(Nc1ccn[nH]1)[C@@H]1CN(CC2CC2)[C@H]2c3ccccc3OC[C@@H]12. The van der Waals surface area contributed by atoms with Crippen LogP contribution in [0.15, 0.2) is 36.5 Å². The van der Waals surface area contributed by atoms with Crippen molar-refractivity contribution in [1.82, 2.24) is 15.1 Å². The number of hydrogen-bond donors (Lipinski definition) is 2. The number of aromatic nitrogens is 2. The molecule has 1 aromatic heterocycles. The second kappa shape index (κ2) is 5.88. The van der Waals surface area contributed by atoms with Gasteiger partial charge in [-0.05, 0) is 24.8 Å². The largest absolute Gasteiger partial charge is 0.493 e. The number of carbonyl (C=O) groups excluding carboxylic acids is 1. The predicted octanol–water partition coefficient (Wildman–Crippen LogP) is 2.44. The van der Waals surface area contributed by atoms with Crippen molar-refractivity contribution < 1.29 is 9.53 Å². The summed E-state index contributed by atoms with van der Waals surface area (Å²) >= 11 is 0. The van der Waals surface area contributed by atoms with E-state index in [1.807, 2.05) is 12.1 Å². The molecule has 130 valence electrons. The van der Waals surface area contributed by atoms with Crippen LogP contribution >= 0.6 is 0 Å². The van der Waals surface area contributed by atoms with E-state index < -0.39 is 0 Å². The maximum absolute atomic E-state index is 12.9. The third kappa shape index (κ3) is 2.70. The number of para-hydroxylation sites is 1. The molecule has 6 heteroatoms. The first-order chi connectivity index (χ1) is 12.3. The topological polar surface area (TPSA) is 70.2 Å². The number of carbonyl (C=O) groups is 1. The summed E-state index contributed by atoms with van der Waals surface area (Å²) in [4.78, 5) is 15.4. The Balaban J connectivity index is 1.43. The van der Waals surface area contributed by atoms with Gasteiger partial charge in [0.2, 0.25) is 5.91 Å². The minimum Gasteiger partial charge on any atom is -0.493 e. The fourth-order valence-corrected chi connectivity index (χ4v) is 4.32. The highest BCUT2D eigenvalue weighted by molar-refractivity contribution is 5.92. The Morgan fingerprint density at radius 2 is 2.20 bits per heavy atom. The van der Waals surface area contributed by atoms with E-state index in [0.29, 0.717) is 12.4 Å². The summed E-state index contributed by atoms with van der Waals surface area (Å²) < 4.78 is 6.00. The molecule has 0 spiro atoms. The molecule has 0 bridgehead atoms. The molecule has 25 heavy (non-hydrogen) atoms. The molecule has 2 aliphatic heterocycles. The lowest BCUT2D eigenvalue weighted by molar-refractivity contribution is -0.121. The lowest BCUT2D eigenvalue weighted by atomic mass is 9.85. The van der Waals surface area contributed by atoms with Crippen LogP contribution in [0.4, 0.5) is 5.82 Å². The van der Waals surface area contributed by atoms with Crippen LogP contribution in [0.3, 0.4) is 0 Å². The van der Waals surface area contributed by atoms with Crippen LogP contribution < -0.4 is 10.1 Å². The van der Waals surface area contributed by atoms with Gasteiger partial charge in [-0.1, -0.05) is 18.2 Å². The van der Waals surface area contributed by atoms with E-state index in [-0.39, 0.29) is 23.8 Å². The summed E-state index contributed by atoms with van der Waals surface area (Å²) in [6.45, 7) is 2.48. The Morgan fingerprint density at radius 1 is 1.32 bits per heavy atom. The van der Waals surface area contributed by atoms with Crippen LogP contribution in [-0.2, 0) is 4.79 Å². The van der Waals surface area contributed by atoms with Crippen molar-refractivity contribution in [3.05, 3.63) is 42.1 Å². The molecule has 6 nitrogen and oxygen atoms in total. The normalized spacial score (nSPS) is 28.1. The van der Waals surface area contributed by atoms with Gasteiger partial charge in [0.25, 0.3) is 0 Å². The first kappa shape index (κ1) is 15.0. The lowest BCUT2D eigenvalue weighted by Crippen LogP contribution is -2.35. The standard InChI is InChI=1S/C19H22N4O2/c24-19(21-17-7-8-20-22-17)14-10-23(9-12-5-6-12)18-13-3-1-2-4-16(13)25-11-15(14)18/h1-4,7-8,12,14-15,18H,5-6,9-11H2,(H2,20,21,22,24)/t14-,15+,18+/m1/s1. The Bertz CT molecular complexity index is 771. The molecule has 2 fully saturated rings. The molecule has 2 N–H and O–H groups in total. The highest BCUT2D eigenvalue weighted by Gasteiger charge is 2.49. The second-order valence-corrected chi connectivity index (χ2v) is 7.42. The van der Waals surface area contributed by atoms with E-state index in [2.05, 4.69) is 32.5 Å². The third-order valence-corrected chi connectivity index (χ3v) is 5.70. The van der Waals surface area contributed by atoms with Gasteiger partial charge in [-0.25, -0.2) is 0 Å². The van der Waals surface area contributed by atoms with E-state index in [1.54, 1.807) is 12.3 Å². The zero-order valence-electron chi connectivity index (χ0n) is 14.0. The lowest BCUT2D eigenvalue weighted by Gasteiger charge is -2.34. The summed E-state index contributed by atoms with van der Waals surface area (Å²) in [5.41, 5.74) is 1.23. The number of nitrogens with zero attached hydrogens (tertiary/aromatic N) is 2. The molecule has 3 atom stereocenters. The summed E-state index contributed by atoms with van der Waals surface area (Å²) in [5, 5.41) is 9.68. The minimum atomic E-state index is -0.0691. The smallest absolute Gasteiger partial charge is 0.230 e. The number of benzene rings is 1. The molecule has 3 heterocycles. The van der Waals surface area contributed by atoms with Crippen LogP contribution in [0.25, 0.3) is 0 Å². The van der Waals surface area contributed by atoms with Crippen LogP contribution in [0.5, 0.6) is 5.75 Å². The van der Waals surface area contributed by atoms with Gasteiger partial charge in [-0.3, -0.25) is 14.8 Å². The van der Waals surface area contributed by atoms with Gasteiger partial charge in [0.1, 0.15) is 11.6 Å². The zero-order chi connectivity index (χ0) is 16.8. The molecule has 1 saturated carbocycles. The summed E-state index contributed by atoms with van der Waals surface area (Å²) in [6, 6.07) is 10.3. The number of rotatable bonds is 4. The fourth-order valence-electron chi connectivity index (χ4n) is 4.32. The van der Waals surface area contributed by atoms with Gasteiger partial charge >= 0.3 is 0 Å². The van der Waals surface area contributed by atoms with Crippen LogP contribution in [-0.4, -0.2) is 40.7 Å². The highest BCUT2D eigenvalue weighted by atomic mass is 16.5. The van der Waals surface area contributed by atoms with Gasteiger partial charge < -0.3 is 10.1 Å². The van der Waals surface area contributed by atoms with E-state index >= 15 is 0 Å². The first-order valence-corrected chi connectivity index (χ1v) is 9.05. The maximum atomic E-state index is 12.9. The maximum Gasteiger partial charge on any atom is 0.230 e. The second-order valence-electron chi connectivity index (χ2n) is 7.42. The van der Waals surface area contributed by atoms with Gasteiger partial charge in [0, 0.05) is 36.7 Å². The number of nitrogens with one attached hydrogen (secondary N) is 2. The quantitative estimate of drug-likeness (QED) is 0.898. The van der Waals surface area contributed by atoms with Gasteiger partial charge in [0.05, 0.1) is 18.7 Å². The number of likely N-dealkylation sites (tertiary alicyclic amines) is 1. The van der Waals surface area contributed by atoms with Gasteiger partial charge in [-0.15, -0.1) is 0 Å². The molecule has 1 amide bonds. The van der Waals surface area contributed by atoms with Gasteiger partial charge in [-0.2, -0.15) is 5.10 Å². The average molecular weight is 338 g/mol. The summed E-state index contributed by atoms with van der Waals surface area (Å²) in [6.07, 6.45) is 4.28. The van der Waals surface area contributed by atoms with Crippen LogP contribution in [0.1, 0.15) is 24.4 Å². The molecule has 3 aliphatic rings. The fraction of sp³-hybridized carbons (Fsp3) is 0.474. The number of hydrogen-bond acceptors (Lipinski definition) is 4. The minimum absolute atomic E-state index is 0.0560. The number of aromatic amines is 1. The van der Waals surface area contributed by atoms with E-state index in [1.165, 1.54) is 18.4 Å². The van der Waals surface area contributed by atoms with E-state index in [4.69, 9.17) is 4.74 Å². The summed E-state index contributed by atoms with van der Waals surface area (Å²) in [5.74, 6) is 2.60. The molecule has 0 unspecified atom stereocenters. The monoisotopic (exact) mass is 338 g/mol. The highest BCUT2D eigenvalue weighted by Crippen LogP contribution is 2.48. The predicted molar refractivity (Wildman–Crippen MR) is 93.2 cm³/mol. The zero-order valence-corrected chi connectivity index (χ0v) is 14.0. The number of fused-ring (bicyclic) bond motifs is 3. The Kier molecular flexibility index (Phi) is 3.52. The number of H-pyrrole nitrogens is 1. The molecular formula is C19H22N4O2. The van der Waals surface area contributed by atoms with Crippen molar-refractivity contribution in [2.75, 3.05) is 25.0 Å². The third-order valence-electron chi connectivity index (χ3n) is 5.70. The van der Waals surface area contributed by atoms with Crippen LogP contribution in [0, 0.1) is 17.8 Å². The molecule has 2 aromatic rings. The van der Waals surface area contributed by atoms with Crippen LogP contribution in [0.2, 0.25) is 0 Å². The number of ether oxygens (including phenoxy) is 1. The van der Waals surface area contributed by atoms with Crippen molar-refractivity contribution >= 4 is 11.7 Å². The molecule has 0 radical (unpaired) electrons. The van der Waals surface area contributed by atoms with Crippen molar-refractivity contribution in [3.8, 4) is 5.75 Å². The molecule has 1 aromatic carbocycles. The molecular weight excluding hydrogens is 316 g/mol. The number of anilines is 1. The van der Waals surface area contributed by atoms with Crippen molar-refractivity contribution in [3.63, 3.8) is 0 Å². The van der Waals surface area contributed by atoms with Gasteiger partial charge in [0.15, 0.2) is 0 Å². The average Bonchev–Trinajstić information content (AvgIpc) is 3.15. The van der Waals surface area contributed by atoms with E-state index in [0.717, 1.165) is 24.8 Å². The molecule has 1 aliphatic carbocycles. The molecule has 1 saturated heterocycles. The molecule has 5 rings (SSSR count). The Hall–Kier alpha value is -2.34. The number of amides is 1. The first-order valence-electron chi connectivity index (χ1n) is 9.05. The van der Waals surface area contributed by atoms with E-state index in [9.17, 15) is 4.79 Å². The van der Waals surface area contributed by atoms with Crippen molar-refractivity contribution in [2.24, 2.45) is 17.8 Å². The van der Waals surface area contributed by atoms with Crippen molar-refractivity contribution in [1.29, 1.82) is 0 Å².